The summed E-state index contributed by atoms with van der Waals surface area (Å²) in [6.45, 7) is 3.77. The van der Waals surface area contributed by atoms with Crippen molar-refractivity contribution < 1.29 is 59.6 Å². The molecular formula is C36H43Cl9F6O7. The highest BCUT2D eigenvalue weighted by Crippen LogP contribution is 2.83. The number of hydrogen-bond donors (Lipinski definition) is 0. The molecule has 0 radical (unpaired) electrons. The lowest BCUT2D eigenvalue weighted by molar-refractivity contribution is -0.412. The first-order chi connectivity index (χ1) is 26.4. The van der Waals surface area contributed by atoms with Gasteiger partial charge >= 0.3 is 24.3 Å². The van der Waals surface area contributed by atoms with Crippen LogP contribution in [-0.2, 0) is 33.3 Å². The minimum Gasteiger partial charge on any atom is -0.393 e. The van der Waals surface area contributed by atoms with Crippen LogP contribution in [-0.4, -0.2) is 79.6 Å². The fraction of sp³-hybridized carbons (Fsp3) is 0.944. The quantitative estimate of drug-likeness (QED) is 0.0509. The van der Waals surface area contributed by atoms with Crippen molar-refractivity contribution in [1.82, 2.24) is 0 Å². The van der Waals surface area contributed by atoms with Gasteiger partial charge in [0, 0.05) is 12.5 Å². The van der Waals surface area contributed by atoms with Crippen LogP contribution in [0.5, 0.6) is 0 Å². The average Bonchev–Trinajstić information content (AvgIpc) is 3.85. The third kappa shape index (κ3) is 6.61. The maximum absolute atomic E-state index is 15.4. The molecule has 7 nitrogen and oxygen atoms in total. The minimum atomic E-state index is -5.74. The molecule has 0 N–H and O–H groups in total. The van der Waals surface area contributed by atoms with Gasteiger partial charge in [0.1, 0.15) is 18.0 Å². The Hall–Kier alpha value is 1.17. The van der Waals surface area contributed by atoms with E-state index < -0.39 is 136 Å². The lowest BCUT2D eigenvalue weighted by Crippen LogP contribution is -2.70. The Labute approximate surface area is 377 Å². The van der Waals surface area contributed by atoms with Crippen molar-refractivity contribution in [3.63, 3.8) is 0 Å². The molecule has 0 aromatic rings. The van der Waals surface area contributed by atoms with Gasteiger partial charge in [-0.15, -0.1) is 0 Å². The van der Waals surface area contributed by atoms with Gasteiger partial charge < -0.3 is 23.7 Å². The molecule has 4 aliphatic carbocycles. The molecule has 4 bridgehead atoms. The molecule has 4 saturated carbocycles. The first kappa shape index (κ1) is 48.6. The van der Waals surface area contributed by atoms with Crippen LogP contribution in [0.3, 0.4) is 0 Å². The van der Waals surface area contributed by atoms with Crippen LogP contribution in [0.1, 0.15) is 72.1 Å². The summed E-state index contributed by atoms with van der Waals surface area (Å²) in [6.07, 6.45) is -12.8. The molecule has 2 saturated heterocycles. The second kappa shape index (κ2) is 15.7. The number of methoxy groups -OCH3 is 1. The zero-order valence-corrected chi connectivity index (χ0v) is 38.3. The van der Waals surface area contributed by atoms with Crippen LogP contribution in [0.4, 0.5) is 26.3 Å². The Balaban J connectivity index is 1.39. The lowest BCUT2D eigenvalue weighted by Gasteiger charge is -2.58. The van der Waals surface area contributed by atoms with E-state index in [1.54, 1.807) is 13.8 Å². The Kier molecular flexibility index (Phi) is 13.1. The fourth-order valence-electron chi connectivity index (χ4n) is 13.2. The van der Waals surface area contributed by atoms with Gasteiger partial charge in [0.25, 0.3) is 0 Å². The van der Waals surface area contributed by atoms with Gasteiger partial charge in [-0.25, -0.2) is 0 Å². The summed E-state index contributed by atoms with van der Waals surface area (Å²) in [6, 6.07) is 0. The molecule has 0 amide bonds. The topological polar surface area (TPSA) is 80.3 Å². The van der Waals surface area contributed by atoms with E-state index in [1.807, 2.05) is 0 Å². The molecule has 12 atom stereocenters. The summed E-state index contributed by atoms with van der Waals surface area (Å²) < 4.78 is 113. The van der Waals surface area contributed by atoms with E-state index in [2.05, 4.69) is 0 Å². The maximum atomic E-state index is 15.4. The van der Waals surface area contributed by atoms with E-state index in [-0.39, 0.29) is 45.3 Å². The van der Waals surface area contributed by atoms with Crippen molar-refractivity contribution in [2.45, 2.75) is 113 Å². The molecule has 6 rings (SSSR count). The molecule has 6 fully saturated rings. The number of esters is 2. The van der Waals surface area contributed by atoms with Crippen LogP contribution in [0.25, 0.3) is 0 Å². The number of halogens is 15. The van der Waals surface area contributed by atoms with Crippen molar-refractivity contribution in [1.29, 1.82) is 0 Å². The molecule has 22 heteroatoms. The van der Waals surface area contributed by atoms with Gasteiger partial charge in [-0.3, -0.25) is 9.59 Å². The third-order valence-electron chi connectivity index (χ3n) is 15.4. The van der Waals surface area contributed by atoms with Crippen molar-refractivity contribution in [2.75, 3.05) is 27.1 Å². The van der Waals surface area contributed by atoms with Gasteiger partial charge in [-0.2, -0.15) is 26.3 Å². The highest BCUT2D eigenvalue weighted by atomic mass is 35.6. The normalized spacial score (nSPS) is 40.3. The molecular weight excluding hydrogens is 977 g/mol. The van der Waals surface area contributed by atoms with Crippen molar-refractivity contribution in [3.8, 4) is 0 Å². The lowest BCUT2D eigenvalue weighted by atomic mass is 9.52. The summed E-state index contributed by atoms with van der Waals surface area (Å²) in [5.41, 5.74) is -12.8. The molecule has 2 aliphatic heterocycles. The predicted molar refractivity (Wildman–Crippen MR) is 207 cm³/mol. The van der Waals surface area contributed by atoms with E-state index in [9.17, 15) is 9.59 Å². The standard InChI is InChI=1S/C36H43Cl9F6O7/c1-16(28-9-10-29(35(46,47)48,36(49,50)51)30(28,19-7-6-18(28)13-19)56-15-55-12-11-54-4)5-8-20-24(26(53)57-25(20)52)23-17(2)21-14-22(23)27(3,32(37,38)39)58-31(21,33(40,41)42)34(43,44)45/h16-24H,5-15H2,1-4H3. The van der Waals surface area contributed by atoms with E-state index in [0.717, 1.165) is 0 Å². The van der Waals surface area contributed by atoms with Gasteiger partial charge in [0.2, 0.25) is 11.4 Å². The van der Waals surface area contributed by atoms with Crippen molar-refractivity contribution in [3.05, 3.63) is 0 Å². The van der Waals surface area contributed by atoms with Gasteiger partial charge in [-0.05, 0) is 99.7 Å². The summed E-state index contributed by atoms with van der Waals surface area (Å²) in [5, 5.41) is 0. The highest BCUT2D eigenvalue weighted by molar-refractivity contribution is 6.74. The van der Waals surface area contributed by atoms with Crippen LogP contribution in [0, 0.1) is 64.1 Å². The second-order valence-electron chi connectivity index (χ2n) is 17.2. The zero-order chi connectivity index (χ0) is 43.7. The summed E-state index contributed by atoms with van der Waals surface area (Å²) in [4.78, 5) is 27.5. The van der Waals surface area contributed by atoms with E-state index in [1.165, 1.54) is 14.0 Å². The molecule has 12 unspecified atom stereocenters. The summed E-state index contributed by atoms with van der Waals surface area (Å²) in [7, 11) is 1.37. The summed E-state index contributed by atoms with van der Waals surface area (Å²) >= 11 is 59.1. The SMILES string of the molecule is COCCOCOC12C3CCC(C3)C1(C(C)CCC1C(=O)OC(=O)C1C1C(C)C3CC1C(C)(C(Cl)(Cl)Cl)OC3(C(Cl)(Cl)Cl)C(Cl)(Cl)Cl)CCC2(C(F)(F)F)C(F)(F)F. The maximum Gasteiger partial charge on any atom is 0.406 e. The zero-order valence-electron chi connectivity index (χ0n) is 31.5. The number of carbonyl (C=O) groups excluding carboxylic acids is 2. The predicted octanol–water partition coefficient (Wildman–Crippen LogP) is 11.9. The molecule has 0 aromatic heterocycles. The van der Waals surface area contributed by atoms with Crippen LogP contribution < -0.4 is 0 Å². The monoisotopic (exact) mass is 1020 g/mol. The molecule has 6 aliphatic rings. The second-order valence-corrected chi connectivity index (χ2v) is 24.1. The Morgan fingerprint density at radius 3 is 1.93 bits per heavy atom. The Morgan fingerprint density at radius 1 is 0.810 bits per heavy atom. The number of rotatable bonds is 11. The largest absolute Gasteiger partial charge is 0.406 e. The summed E-state index contributed by atoms with van der Waals surface area (Å²) in [5.74, 6) is -10.3. The van der Waals surface area contributed by atoms with Crippen molar-refractivity contribution >= 4 is 116 Å². The molecule has 0 spiro atoms. The molecule has 334 valence electrons. The van der Waals surface area contributed by atoms with Crippen LogP contribution in [0.15, 0.2) is 0 Å². The number of cyclic esters (lactones) is 2. The number of fused-ring (bicyclic) bond motifs is 7. The van der Waals surface area contributed by atoms with E-state index >= 15 is 26.3 Å². The molecule has 0 aromatic carbocycles. The Morgan fingerprint density at radius 2 is 1.40 bits per heavy atom. The number of ether oxygens (including phenoxy) is 5. The molecule has 2 heterocycles. The number of alkyl halides is 15. The van der Waals surface area contributed by atoms with Crippen LogP contribution in [0.2, 0.25) is 0 Å². The fourth-order valence-corrected chi connectivity index (χ4v) is 16.1. The molecule has 58 heavy (non-hydrogen) atoms. The average molecular weight is 1020 g/mol. The van der Waals surface area contributed by atoms with Gasteiger partial charge in [0.05, 0.1) is 25.0 Å². The minimum absolute atomic E-state index is 0.0224. The van der Waals surface area contributed by atoms with Crippen molar-refractivity contribution in [2.24, 2.45) is 64.1 Å². The Bertz CT molecular complexity index is 1580. The number of hydrogen-bond acceptors (Lipinski definition) is 7. The van der Waals surface area contributed by atoms with E-state index in [4.69, 9.17) is 128 Å². The first-order valence-corrected chi connectivity index (χ1v) is 22.3. The number of carbonyl (C=O) groups is 2. The van der Waals surface area contributed by atoms with Gasteiger partial charge in [-0.1, -0.05) is 118 Å². The van der Waals surface area contributed by atoms with E-state index in [0.29, 0.717) is 6.42 Å². The first-order valence-electron chi connectivity index (χ1n) is 18.9. The van der Waals surface area contributed by atoms with Crippen LogP contribution >= 0.6 is 104 Å². The van der Waals surface area contributed by atoms with Gasteiger partial charge in [0.15, 0.2) is 11.0 Å². The highest BCUT2D eigenvalue weighted by Gasteiger charge is 2.92. The third-order valence-corrected chi connectivity index (χ3v) is 18.2. The smallest absolute Gasteiger partial charge is 0.393 e.